The number of hydrogen-bond donors (Lipinski definition) is 4. The number of ether oxygens (including phenoxy) is 2. The van der Waals surface area contributed by atoms with E-state index in [2.05, 4.69) is 4.99 Å². The minimum atomic E-state index is -1.42. The molecule has 21 heavy (non-hydrogen) atoms. The molecule has 2 aliphatic heterocycles. The van der Waals surface area contributed by atoms with Gasteiger partial charge < -0.3 is 29.9 Å². The highest BCUT2D eigenvalue weighted by Crippen LogP contribution is 2.44. The summed E-state index contributed by atoms with van der Waals surface area (Å²) in [7, 11) is 0. The van der Waals surface area contributed by atoms with Crippen LogP contribution < -0.4 is 9.47 Å². The van der Waals surface area contributed by atoms with Crippen molar-refractivity contribution in [3.8, 4) is 11.5 Å². The largest absolute Gasteiger partial charge is 0.454 e. The van der Waals surface area contributed by atoms with Crippen molar-refractivity contribution >= 4 is 6.21 Å². The van der Waals surface area contributed by atoms with Gasteiger partial charge in [0.15, 0.2) is 11.5 Å². The standard InChI is InChI=1S/C14H15NO6/c16-11-9-6-2-8-7(20-4-21-8)1-5(6)3-15-10(9)12(17)14(19)13(11)18/h1-3,9-14,16-19H,4H2/t9-,10-,11-,12+,13+,14+/m1/s1. The van der Waals surface area contributed by atoms with Gasteiger partial charge in [0.2, 0.25) is 6.79 Å². The van der Waals surface area contributed by atoms with Crippen LogP contribution in [-0.2, 0) is 0 Å². The predicted octanol–water partition coefficient (Wildman–Crippen LogP) is -1.24. The van der Waals surface area contributed by atoms with Crippen LogP contribution in [0.25, 0.3) is 0 Å². The second-order valence-electron chi connectivity index (χ2n) is 5.59. The van der Waals surface area contributed by atoms with Crippen molar-refractivity contribution in [2.75, 3.05) is 6.79 Å². The summed E-state index contributed by atoms with van der Waals surface area (Å²) in [6.45, 7) is 0.135. The highest BCUT2D eigenvalue weighted by atomic mass is 16.7. The molecule has 0 radical (unpaired) electrons. The molecule has 4 rings (SSSR count). The summed E-state index contributed by atoms with van der Waals surface area (Å²) < 4.78 is 10.6. The van der Waals surface area contributed by atoms with Crippen molar-refractivity contribution in [2.45, 2.75) is 36.4 Å². The van der Waals surface area contributed by atoms with E-state index in [1.807, 2.05) is 0 Å². The van der Waals surface area contributed by atoms with Crippen LogP contribution in [0.3, 0.4) is 0 Å². The van der Waals surface area contributed by atoms with Crippen molar-refractivity contribution in [1.29, 1.82) is 0 Å². The molecule has 0 unspecified atom stereocenters. The number of benzene rings is 1. The number of aliphatic hydroxyl groups is 4. The summed E-state index contributed by atoms with van der Waals surface area (Å²) in [6.07, 6.45) is -3.71. The third-order valence-corrected chi connectivity index (χ3v) is 4.46. The normalized spacial score (nSPS) is 39.8. The van der Waals surface area contributed by atoms with Crippen LogP contribution in [-0.4, -0.2) is 63.9 Å². The van der Waals surface area contributed by atoms with Crippen LogP contribution in [0.5, 0.6) is 11.5 Å². The van der Waals surface area contributed by atoms with Crippen LogP contribution >= 0.6 is 0 Å². The number of aliphatic imine (C=N–C) groups is 1. The SMILES string of the molecule is O[C@@H]1[C@@H](O)[C@H](O)[C@@H]2c3cc4c(cc3C=N[C@H]2[C@@H]1O)OCO4. The van der Waals surface area contributed by atoms with Gasteiger partial charge in [-0.15, -0.1) is 0 Å². The lowest BCUT2D eigenvalue weighted by atomic mass is 9.71. The van der Waals surface area contributed by atoms with Crippen LogP contribution in [0, 0.1) is 0 Å². The summed E-state index contributed by atoms with van der Waals surface area (Å²) in [4.78, 5) is 4.23. The first-order valence-electron chi connectivity index (χ1n) is 6.77. The van der Waals surface area contributed by atoms with Gasteiger partial charge in [0.1, 0.15) is 18.3 Å². The van der Waals surface area contributed by atoms with Crippen molar-refractivity contribution in [1.82, 2.24) is 0 Å². The van der Waals surface area contributed by atoms with Crippen molar-refractivity contribution in [3.63, 3.8) is 0 Å². The Balaban J connectivity index is 1.83. The average molecular weight is 293 g/mol. The van der Waals surface area contributed by atoms with Gasteiger partial charge >= 0.3 is 0 Å². The lowest BCUT2D eigenvalue weighted by molar-refractivity contribution is -0.151. The zero-order valence-corrected chi connectivity index (χ0v) is 11.0. The molecule has 3 aliphatic rings. The maximum Gasteiger partial charge on any atom is 0.231 e. The number of aliphatic hydroxyl groups excluding tert-OH is 4. The lowest BCUT2D eigenvalue weighted by Crippen LogP contribution is -2.60. The van der Waals surface area contributed by atoms with E-state index in [0.29, 0.717) is 11.5 Å². The minimum Gasteiger partial charge on any atom is -0.454 e. The first-order valence-corrected chi connectivity index (χ1v) is 6.77. The van der Waals surface area contributed by atoms with Gasteiger partial charge in [-0.05, 0) is 23.3 Å². The van der Waals surface area contributed by atoms with E-state index >= 15 is 0 Å². The first-order chi connectivity index (χ1) is 10.1. The zero-order valence-electron chi connectivity index (χ0n) is 11.0. The van der Waals surface area contributed by atoms with Crippen molar-refractivity contribution in [3.05, 3.63) is 23.3 Å². The summed E-state index contributed by atoms with van der Waals surface area (Å²) in [5.41, 5.74) is 1.46. The molecule has 0 aromatic heterocycles. The fourth-order valence-electron chi connectivity index (χ4n) is 3.32. The molecule has 0 spiro atoms. The molecule has 4 N–H and O–H groups in total. The van der Waals surface area contributed by atoms with Gasteiger partial charge in [0, 0.05) is 12.1 Å². The molecular weight excluding hydrogens is 278 g/mol. The number of fused-ring (bicyclic) bond motifs is 4. The van der Waals surface area contributed by atoms with Crippen LogP contribution in [0.2, 0.25) is 0 Å². The van der Waals surface area contributed by atoms with Gasteiger partial charge in [-0.3, -0.25) is 4.99 Å². The predicted molar refractivity (Wildman–Crippen MR) is 70.7 cm³/mol. The summed E-state index contributed by atoms with van der Waals surface area (Å²) in [5.74, 6) is 0.558. The maximum absolute atomic E-state index is 10.3. The van der Waals surface area contributed by atoms with E-state index in [1.54, 1.807) is 18.3 Å². The monoisotopic (exact) mass is 293 g/mol. The fourth-order valence-corrected chi connectivity index (χ4v) is 3.32. The Labute approximate surface area is 120 Å². The fraction of sp³-hybridized carbons (Fsp3) is 0.500. The Bertz CT molecular complexity index is 618. The summed E-state index contributed by atoms with van der Waals surface area (Å²) in [5, 5.41) is 40.1. The topological polar surface area (TPSA) is 112 Å². The number of rotatable bonds is 0. The van der Waals surface area contributed by atoms with E-state index in [9.17, 15) is 20.4 Å². The van der Waals surface area contributed by atoms with E-state index < -0.39 is 36.4 Å². The molecule has 0 bridgehead atoms. The molecule has 0 saturated heterocycles. The van der Waals surface area contributed by atoms with Crippen LogP contribution in [0.4, 0.5) is 0 Å². The Morgan fingerprint density at radius 2 is 1.57 bits per heavy atom. The minimum absolute atomic E-state index is 0.135. The van der Waals surface area contributed by atoms with Gasteiger partial charge in [-0.25, -0.2) is 0 Å². The number of hydrogen-bond acceptors (Lipinski definition) is 7. The molecule has 2 heterocycles. The van der Waals surface area contributed by atoms with Crippen LogP contribution in [0.1, 0.15) is 17.0 Å². The number of nitrogens with zero attached hydrogens (tertiary/aromatic N) is 1. The molecule has 7 heteroatoms. The van der Waals surface area contributed by atoms with Crippen LogP contribution in [0.15, 0.2) is 17.1 Å². The van der Waals surface area contributed by atoms with E-state index in [4.69, 9.17) is 9.47 Å². The molecule has 112 valence electrons. The molecule has 0 amide bonds. The third kappa shape index (κ3) is 1.72. The van der Waals surface area contributed by atoms with E-state index in [-0.39, 0.29) is 6.79 Å². The second kappa shape index (κ2) is 4.41. The molecule has 6 atom stereocenters. The highest BCUT2D eigenvalue weighted by molar-refractivity contribution is 5.85. The molecule has 1 fully saturated rings. The molecule has 1 saturated carbocycles. The molecule has 1 aromatic rings. The smallest absolute Gasteiger partial charge is 0.231 e. The molecule has 1 aliphatic carbocycles. The Hall–Kier alpha value is -1.67. The van der Waals surface area contributed by atoms with Gasteiger partial charge in [-0.2, -0.15) is 0 Å². The first kappa shape index (κ1) is 13.0. The zero-order chi connectivity index (χ0) is 14.7. The molecule has 7 nitrogen and oxygen atoms in total. The lowest BCUT2D eigenvalue weighted by Gasteiger charge is -2.44. The Kier molecular flexibility index (Phi) is 2.74. The maximum atomic E-state index is 10.3. The quantitative estimate of drug-likeness (QED) is 0.476. The van der Waals surface area contributed by atoms with Gasteiger partial charge in [0.25, 0.3) is 0 Å². The Morgan fingerprint density at radius 1 is 0.905 bits per heavy atom. The van der Waals surface area contributed by atoms with Crippen molar-refractivity contribution in [2.24, 2.45) is 4.99 Å². The summed E-state index contributed by atoms with van der Waals surface area (Å²) in [6, 6.07) is 2.79. The summed E-state index contributed by atoms with van der Waals surface area (Å²) >= 11 is 0. The van der Waals surface area contributed by atoms with E-state index in [1.165, 1.54) is 0 Å². The highest BCUT2D eigenvalue weighted by Gasteiger charge is 2.51. The van der Waals surface area contributed by atoms with E-state index in [0.717, 1.165) is 11.1 Å². The Morgan fingerprint density at radius 3 is 2.33 bits per heavy atom. The molecular formula is C14H15NO6. The third-order valence-electron chi connectivity index (χ3n) is 4.46. The molecule has 1 aromatic carbocycles. The second-order valence-corrected chi connectivity index (χ2v) is 5.59. The van der Waals surface area contributed by atoms with Gasteiger partial charge in [-0.1, -0.05) is 0 Å². The van der Waals surface area contributed by atoms with Crippen molar-refractivity contribution < 1.29 is 29.9 Å². The average Bonchev–Trinajstić information content (AvgIpc) is 2.94. The van der Waals surface area contributed by atoms with Gasteiger partial charge in [0.05, 0.1) is 12.1 Å².